The van der Waals surface area contributed by atoms with Gasteiger partial charge in [-0.1, -0.05) is 0 Å². The van der Waals surface area contributed by atoms with E-state index in [-0.39, 0.29) is 23.1 Å². The monoisotopic (exact) mass is 364 g/mol. The minimum atomic E-state index is -3.53. The van der Waals surface area contributed by atoms with E-state index in [0.29, 0.717) is 30.1 Å². The van der Waals surface area contributed by atoms with Crippen molar-refractivity contribution in [2.75, 3.05) is 26.7 Å². The van der Waals surface area contributed by atoms with E-state index in [1.54, 1.807) is 18.2 Å². The fraction of sp³-hybridized carbons (Fsp3) is 0.625. The van der Waals surface area contributed by atoms with Crippen LogP contribution in [-0.4, -0.2) is 39.4 Å². The largest absolute Gasteiger partial charge is 0.320 e. The number of piperidine rings is 1. The molecule has 1 N–H and O–H groups in total. The molecular weight excluding hydrogens is 339 g/mol. The molecule has 1 aromatic carbocycles. The van der Waals surface area contributed by atoms with Crippen LogP contribution < -0.4 is 5.32 Å². The lowest BCUT2D eigenvalue weighted by Crippen LogP contribution is -2.39. The van der Waals surface area contributed by atoms with E-state index in [0.717, 1.165) is 25.8 Å². The van der Waals surface area contributed by atoms with Crippen LogP contribution in [0.4, 0.5) is 4.39 Å². The highest BCUT2D eigenvalue weighted by molar-refractivity contribution is 7.89. The number of rotatable bonds is 5. The van der Waals surface area contributed by atoms with E-state index in [9.17, 15) is 12.8 Å². The van der Waals surface area contributed by atoms with Gasteiger partial charge in [0.25, 0.3) is 0 Å². The highest BCUT2D eigenvalue weighted by Crippen LogP contribution is 2.29. The summed E-state index contributed by atoms with van der Waals surface area (Å²) in [5.41, 5.74) is 0.963. The van der Waals surface area contributed by atoms with Gasteiger partial charge in [0.1, 0.15) is 5.82 Å². The van der Waals surface area contributed by atoms with E-state index in [1.807, 2.05) is 7.05 Å². The Hall–Kier alpha value is -0.690. The normalized spacial score (nSPS) is 17.0. The van der Waals surface area contributed by atoms with Crippen LogP contribution in [-0.2, 0) is 10.0 Å². The molecule has 1 aliphatic heterocycles. The zero-order valence-electron chi connectivity index (χ0n) is 13.9. The average molecular weight is 365 g/mol. The zero-order valence-corrected chi connectivity index (χ0v) is 15.6. The fourth-order valence-corrected chi connectivity index (χ4v) is 5.10. The first-order valence-corrected chi connectivity index (χ1v) is 9.21. The lowest BCUT2D eigenvalue weighted by atomic mass is 9.95. The molecule has 0 aliphatic carbocycles. The van der Waals surface area contributed by atoms with Crippen molar-refractivity contribution in [3.8, 4) is 0 Å². The molecule has 1 aliphatic rings. The molecule has 0 atom stereocenters. The maximum absolute atomic E-state index is 13.4. The van der Waals surface area contributed by atoms with Gasteiger partial charge >= 0.3 is 0 Å². The van der Waals surface area contributed by atoms with Gasteiger partial charge in [0.05, 0.1) is 4.90 Å². The van der Waals surface area contributed by atoms with Crippen LogP contribution in [0.25, 0.3) is 0 Å². The maximum atomic E-state index is 13.4. The lowest BCUT2D eigenvalue weighted by molar-refractivity contribution is 0.263. The summed E-state index contributed by atoms with van der Waals surface area (Å²) in [5, 5.41) is 3.14. The third-order valence-corrected chi connectivity index (χ3v) is 6.60. The predicted octanol–water partition coefficient (Wildman–Crippen LogP) is 2.87. The summed E-state index contributed by atoms with van der Waals surface area (Å²) in [5.74, 6) is 0.189. The number of nitrogens with zero attached hydrogens (tertiary/aromatic N) is 1. The van der Waals surface area contributed by atoms with Gasteiger partial charge in [0.15, 0.2) is 0 Å². The molecular formula is C16H26ClFN2O2S. The summed E-state index contributed by atoms with van der Waals surface area (Å²) < 4.78 is 40.6. The number of sulfonamides is 1. The van der Waals surface area contributed by atoms with Crippen molar-refractivity contribution in [2.45, 2.75) is 38.0 Å². The molecule has 23 heavy (non-hydrogen) atoms. The Morgan fingerprint density at radius 3 is 2.22 bits per heavy atom. The Labute approximate surface area is 144 Å². The quantitative estimate of drug-likeness (QED) is 0.874. The molecule has 0 bridgehead atoms. The highest BCUT2D eigenvalue weighted by atomic mass is 35.5. The molecule has 4 nitrogen and oxygen atoms in total. The second-order valence-corrected chi connectivity index (χ2v) is 7.98. The molecule has 1 aromatic rings. The standard InChI is InChI=1S/C16H25FN2O2S.ClH/c1-12-10-15(17)11-13(2)16(12)22(20,21)19-8-5-14(6-9-19)4-7-18-3;/h10-11,14,18H,4-9H2,1-3H3;1H. The van der Waals surface area contributed by atoms with Gasteiger partial charge < -0.3 is 5.32 Å². The topological polar surface area (TPSA) is 49.4 Å². The SMILES string of the molecule is CNCCC1CCN(S(=O)(=O)c2c(C)cc(F)cc2C)CC1.Cl. The molecule has 0 aromatic heterocycles. The first-order chi connectivity index (χ1) is 10.4. The number of benzene rings is 1. The summed E-state index contributed by atoms with van der Waals surface area (Å²) >= 11 is 0. The second kappa shape index (κ2) is 8.42. The van der Waals surface area contributed by atoms with Gasteiger partial charge in [-0.05, 0) is 75.9 Å². The van der Waals surface area contributed by atoms with Crippen LogP contribution in [0.3, 0.4) is 0 Å². The Morgan fingerprint density at radius 1 is 1.22 bits per heavy atom. The van der Waals surface area contributed by atoms with Crippen molar-refractivity contribution < 1.29 is 12.8 Å². The van der Waals surface area contributed by atoms with Crippen LogP contribution in [0.15, 0.2) is 17.0 Å². The van der Waals surface area contributed by atoms with Gasteiger partial charge in [0, 0.05) is 13.1 Å². The minimum Gasteiger partial charge on any atom is -0.320 e. The van der Waals surface area contributed by atoms with Crippen molar-refractivity contribution in [1.82, 2.24) is 9.62 Å². The molecule has 0 spiro atoms. The molecule has 1 fully saturated rings. The molecule has 1 saturated heterocycles. The summed E-state index contributed by atoms with van der Waals surface area (Å²) in [6.07, 6.45) is 2.86. The van der Waals surface area contributed by atoms with E-state index in [4.69, 9.17) is 0 Å². The molecule has 0 amide bonds. The van der Waals surface area contributed by atoms with Crippen molar-refractivity contribution in [1.29, 1.82) is 0 Å². The Bertz CT molecular complexity index is 606. The first-order valence-electron chi connectivity index (χ1n) is 7.77. The number of nitrogens with one attached hydrogen (secondary N) is 1. The van der Waals surface area contributed by atoms with E-state index in [2.05, 4.69) is 5.32 Å². The van der Waals surface area contributed by atoms with Crippen molar-refractivity contribution >= 4 is 22.4 Å². The molecule has 2 rings (SSSR count). The van der Waals surface area contributed by atoms with Crippen LogP contribution in [0.5, 0.6) is 0 Å². The van der Waals surface area contributed by atoms with Crippen LogP contribution in [0.1, 0.15) is 30.4 Å². The predicted molar refractivity (Wildman–Crippen MR) is 93.1 cm³/mol. The molecule has 7 heteroatoms. The minimum absolute atomic E-state index is 0. The van der Waals surface area contributed by atoms with Crippen LogP contribution in [0.2, 0.25) is 0 Å². The molecule has 0 unspecified atom stereocenters. The third kappa shape index (κ3) is 4.66. The summed E-state index contributed by atoms with van der Waals surface area (Å²) in [4.78, 5) is 0.266. The van der Waals surface area contributed by atoms with Crippen molar-refractivity contribution in [3.05, 3.63) is 29.1 Å². The number of aryl methyl sites for hydroxylation is 2. The number of hydrogen-bond donors (Lipinski definition) is 1. The average Bonchev–Trinajstić information content (AvgIpc) is 2.44. The van der Waals surface area contributed by atoms with Gasteiger partial charge in [-0.3, -0.25) is 0 Å². The van der Waals surface area contributed by atoms with Gasteiger partial charge in [-0.2, -0.15) is 4.31 Å². The van der Waals surface area contributed by atoms with Gasteiger partial charge in [-0.15, -0.1) is 12.4 Å². The number of hydrogen-bond acceptors (Lipinski definition) is 3. The fourth-order valence-electron chi connectivity index (χ4n) is 3.22. The van der Waals surface area contributed by atoms with E-state index in [1.165, 1.54) is 12.1 Å². The van der Waals surface area contributed by atoms with Gasteiger partial charge in [-0.25, -0.2) is 12.8 Å². The second-order valence-electron chi connectivity index (χ2n) is 6.11. The molecule has 132 valence electrons. The molecule has 1 heterocycles. The Balaban J connectivity index is 0.00000264. The van der Waals surface area contributed by atoms with E-state index >= 15 is 0 Å². The third-order valence-electron chi connectivity index (χ3n) is 4.40. The summed E-state index contributed by atoms with van der Waals surface area (Å²) in [7, 11) is -1.60. The Morgan fingerprint density at radius 2 is 1.74 bits per heavy atom. The first kappa shape index (κ1) is 20.4. The zero-order chi connectivity index (χ0) is 16.3. The maximum Gasteiger partial charge on any atom is 0.243 e. The number of halogens is 2. The summed E-state index contributed by atoms with van der Waals surface area (Å²) in [6.45, 7) is 5.37. The van der Waals surface area contributed by atoms with Crippen LogP contribution in [0, 0.1) is 25.6 Å². The van der Waals surface area contributed by atoms with E-state index < -0.39 is 10.0 Å². The molecule has 0 radical (unpaired) electrons. The molecule has 0 saturated carbocycles. The lowest BCUT2D eigenvalue weighted by Gasteiger charge is -2.32. The highest BCUT2D eigenvalue weighted by Gasteiger charge is 2.31. The van der Waals surface area contributed by atoms with Crippen LogP contribution >= 0.6 is 12.4 Å². The smallest absolute Gasteiger partial charge is 0.243 e. The van der Waals surface area contributed by atoms with Crippen molar-refractivity contribution in [2.24, 2.45) is 5.92 Å². The Kier molecular flexibility index (Phi) is 7.45. The summed E-state index contributed by atoms with van der Waals surface area (Å²) in [6, 6.07) is 2.58. The van der Waals surface area contributed by atoms with Gasteiger partial charge in [0.2, 0.25) is 10.0 Å². The van der Waals surface area contributed by atoms with Crippen molar-refractivity contribution in [3.63, 3.8) is 0 Å².